The predicted molar refractivity (Wildman–Crippen MR) is 125 cm³/mol. The molecule has 31 heavy (non-hydrogen) atoms. The van der Waals surface area contributed by atoms with Gasteiger partial charge in [-0.2, -0.15) is 0 Å². The first kappa shape index (κ1) is 22.9. The Morgan fingerprint density at radius 2 is 1.87 bits per heavy atom. The Kier molecular flexibility index (Phi) is 8.53. The summed E-state index contributed by atoms with van der Waals surface area (Å²) in [6.45, 7) is 10.0. The zero-order valence-electron chi connectivity index (χ0n) is 19.1. The Balaban J connectivity index is 1.49. The van der Waals surface area contributed by atoms with Crippen molar-refractivity contribution in [3.05, 3.63) is 48.2 Å². The maximum absolute atomic E-state index is 5.89. The molecule has 0 amide bonds. The number of rotatable bonds is 8. The van der Waals surface area contributed by atoms with E-state index in [-0.39, 0.29) is 0 Å². The number of aliphatic imine (C=N–C) groups is 1. The molecule has 7 nitrogen and oxygen atoms in total. The van der Waals surface area contributed by atoms with Crippen molar-refractivity contribution in [3.8, 4) is 17.4 Å². The number of hydrogen-bond acceptors (Lipinski definition) is 5. The molecule has 3 rings (SSSR count). The summed E-state index contributed by atoms with van der Waals surface area (Å²) in [5.41, 5.74) is 1.08. The molecule has 1 fully saturated rings. The van der Waals surface area contributed by atoms with Gasteiger partial charge in [0.2, 0.25) is 5.88 Å². The average Bonchev–Trinajstić information content (AvgIpc) is 2.79. The Labute approximate surface area is 185 Å². The van der Waals surface area contributed by atoms with E-state index in [2.05, 4.69) is 39.4 Å². The standard InChI is InChI=1S/C24H35N5O2/c1-5-30-21-6-8-22(9-7-21)31-23-16-19(10-13-26-23)17-27-24(25-4)28-20-11-14-29(15-12-20)18(2)3/h6-10,13,16,18,20H,5,11-12,14-15,17H2,1-4H3,(H2,25,27,28). The van der Waals surface area contributed by atoms with Crippen LogP contribution in [-0.4, -0.2) is 54.7 Å². The molecule has 0 aliphatic carbocycles. The SMILES string of the molecule is CCOc1ccc(Oc2cc(CNC(=NC)NC3CCN(C(C)C)CC3)ccn2)cc1. The predicted octanol–water partition coefficient (Wildman–Crippen LogP) is 3.81. The van der Waals surface area contributed by atoms with Gasteiger partial charge >= 0.3 is 0 Å². The monoisotopic (exact) mass is 425 g/mol. The molecule has 2 N–H and O–H groups in total. The van der Waals surface area contributed by atoms with Gasteiger partial charge in [-0.1, -0.05) is 0 Å². The summed E-state index contributed by atoms with van der Waals surface area (Å²) >= 11 is 0. The number of benzene rings is 1. The topological polar surface area (TPSA) is 71.0 Å². The van der Waals surface area contributed by atoms with Crippen LogP contribution >= 0.6 is 0 Å². The fourth-order valence-corrected chi connectivity index (χ4v) is 3.64. The first-order valence-electron chi connectivity index (χ1n) is 11.1. The van der Waals surface area contributed by atoms with Crippen LogP contribution in [0.1, 0.15) is 39.2 Å². The first-order valence-corrected chi connectivity index (χ1v) is 11.1. The van der Waals surface area contributed by atoms with Crippen molar-refractivity contribution in [3.63, 3.8) is 0 Å². The van der Waals surface area contributed by atoms with Crippen LogP contribution < -0.4 is 20.1 Å². The molecule has 1 aliphatic rings. The first-order chi connectivity index (χ1) is 15.1. The van der Waals surface area contributed by atoms with Gasteiger partial charge in [-0.3, -0.25) is 4.99 Å². The van der Waals surface area contributed by atoms with Crippen molar-refractivity contribution in [1.29, 1.82) is 0 Å². The van der Waals surface area contributed by atoms with E-state index in [0.717, 1.165) is 49.0 Å². The molecule has 0 atom stereocenters. The van der Waals surface area contributed by atoms with Crippen molar-refractivity contribution < 1.29 is 9.47 Å². The molecular formula is C24H35N5O2. The number of aromatic nitrogens is 1. The molecule has 0 bridgehead atoms. The maximum Gasteiger partial charge on any atom is 0.219 e. The van der Waals surface area contributed by atoms with Crippen molar-refractivity contribution in [2.45, 2.75) is 52.2 Å². The molecule has 1 aromatic carbocycles. The third-order valence-corrected chi connectivity index (χ3v) is 5.44. The number of nitrogens with zero attached hydrogens (tertiary/aromatic N) is 3. The molecule has 2 heterocycles. The molecule has 0 radical (unpaired) electrons. The fourth-order valence-electron chi connectivity index (χ4n) is 3.64. The van der Waals surface area contributed by atoms with Crippen LogP contribution in [0.15, 0.2) is 47.6 Å². The number of nitrogens with one attached hydrogen (secondary N) is 2. The number of hydrogen-bond donors (Lipinski definition) is 2. The summed E-state index contributed by atoms with van der Waals surface area (Å²) < 4.78 is 11.4. The summed E-state index contributed by atoms with van der Waals surface area (Å²) in [7, 11) is 1.81. The van der Waals surface area contributed by atoms with Gasteiger partial charge in [-0.15, -0.1) is 0 Å². The van der Waals surface area contributed by atoms with E-state index in [1.165, 1.54) is 0 Å². The second-order valence-corrected chi connectivity index (χ2v) is 7.98. The van der Waals surface area contributed by atoms with Crippen LogP contribution in [0.3, 0.4) is 0 Å². The molecule has 1 aromatic heterocycles. The zero-order valence-corrected chi connectivity index (χ0v) is 19.1. The van der Waals surface area contributed by atoms with Gasteiger partial charge in [-0.05, 0) is 69.5 Å². The van der Waals surface area contributed by atoms with Crippen LogP contribution in [0.2, 0.25) is 0 Å². The highest BCUT2D eigenvalue weighted by molar-refractivity contribution is 5.79. The van der Waals surface area contributed by atoms with E-state index in [0.29, 0.717) is 31.1 Å². The van der Waals surface area contributed by atoms with E-state index in [1.807, 2.05) is 50.4 Å². The molecule has 168 valence electrons. The summed E-state index contributed by atoms with van der Waals surface area (Å²) in [5, 5.41) is 6.96. The van der Waals surface area contributed by atoms with Gasteiger partial charge in [0.15, 0.2) is 5.96 Å². The van der Waals surface area contributed by atoms with Crippen molar-refractivity contribution in [2.24, 2.45) is 4.99 Å². The summed E-state index contributed by atoms with van der Waals surface area (Å²) in [6, 6.07) is 12.5. The molecule has 0 spiro atoms. The highest BCUT2D eigenvalue weighted by Crippen LogP contribution is 2.23. The summed E-state index contributed by atoms with van der Waals surface area (Å²) in [4.78, 5) is 11.2. The van der Waals surface area contributed by atoms with Gasteiger partial charge in [0.1, 0.15) is 11.5 Å². The van der Waals surface area contributed by atoms with Crippen LogP contribution in [-0.2, 0) is 6.54 Å². The quantitative estimate of drug-likeness (QED) is 0.495. The molecule has 2 aromatic rings. The van der Waals surface area contributed by atoms with Crippen LogP contribution in [0.25, 0.3) is 0 Å². The van der Waals surface area contributed by atoms with Crippen LogP contribution in [0.5, 0.6) is 17.4 Å². The molecule has 1 aliphatic heterocycles. The van der Waals surface area contributed by atoms with Gasteiger partial charge in [0.25, 0.3) is 0 Å². The normalized spacial score (nSPS) is 15.7. The lowest BCUT2D eigenvalue weighted by molar-refractivity contribution is 0.167. The van der Waals surface area contributed by atoms with E-state index in [4.69, 9.17) is 9.47 Å². The van der Waals surface area contributed by atoms with Crippen LogP contribution in [0.4, 0.5) is 0 Å². The Bertz CT molecular complexity index is 830. The lowest BCUT2D eigenvalue weighted by Crippen LogP contribution is -2.49. The maximum atomic E-state index is 5.89. The molecule has 1 saturated heterocycles. The second kappa shape index (κ2) is 11.6. The highest BCUT2D eigenvalue weighted by atomic mass is 16.5. The molecule has 7 heteroatoms. The molecular weight excluding hydrogens is 390 g/mol. The smallest absolute Gasteiger partial charge is 0.219 e. The molecule has 0 unspecified atom stereocenters. The Morgan fingerprint density at radius 1 is 1.16 bits per heavy atom. The minimum Gasteiger partial charge on any atom is -0.494 e. The third kappa shape index (κ3) is 7.14. The number of piperidine rings is 1. The van der Waals surface area contributed by atoms with Gasteiger partial charge in [-0.25, -0.2) is 4.98 Å². The van der Waals surface area contributed by atoms with Crippen molar-refractivity contribution >= 4 is 5.96 Å². The number of likely N-dealkylation sites (tertiary alicyclic amines) is 1. The fraction of sp³-hybridized carbons (Fsp3) is 0.500. The Morgan fingerprint density at radius 3 is 2.52 bits per heavy atom. The van der Waals surface area contributed by atoms with E-state index in [9.17, 15) is 0 Å². The number of ether oxygens (including phenoxy) is 2. The number of guanidine groups is 1. The van der Waals surface area contributed by atoms with Gasteiger partial charge in [0.05, 0.1) is 6.61 Å². The second-order valence-electron chi connectivity index (χ2n) is 7.98. The zero-order chi connectivity index (χ0) is 22.1. The molecule has 0 saturated carbocycles. The minimum absolute atomic E-state index is 0.456. The highest BCUT2D eigenvalue weighted by Gasteiger charge is 2.21. The third-order valence-electron chi connectivity index (χ3n) is 5.44. The van der Waals surface area contributed by atoms with Gasteiger partial charge in [0, 0.05) is 51.0 Å². The number of pyridine rings is 1. The Hall–Kier alpha value is -2.80. The van der Waals surface area contributed by atoms with Crippen LogP contribution in [0, 0.1) is 0 Å². The van der Waals surface area contributed by atoms with Crippen molar-refractivity contribution in [1.82, 2.24) is 20.5 Å². The average molecular weight is 426 g/mol. The minimum atomic E-state index is 0.456. The van der Waals surface area contributed by atoms with E-state index < -0.39 is 0 Å². The van der Waals surface area contributed by atoms with E-state index >= 15 is 0 Å². The van der Waals surface area contributed by atoms with Gasteiger partial charge < -0.3 is 25.0 Å². The lowest BCUT2D eigenvalue weighted by Gasteiger charge is -2.35. The summed E-state index contributed by atoms with van der Waals surface area (Å²) in [5.74, 6) is 2.95. The van der Waals surface area contributed by atoms with Crippen molar-refractivity contribution in [2.75, 3.05) is 26.7 Å². The lowest BCUT2D eigenvalue weighted by atomic mass is 10.0. The largest absolute Gasteiger partial charge is 0.494 e. The summed E-state index contributed by atoms with van der Waals surface area (Å²) in [6.07, 6.45) is 4.03. The van der Waals surface area contributed by atoms with E-state index in [1.54, 1.807) is 6.20 Å².